The van der Waals surface area contributed by atoms with Crippen molar-refractivity contribution in [2.75, 3.05) is 5.75 Å². The van der Waals surface area contributed by atoms with E-state index >= 15 is 0 Å². The van der Waals surface area contributed by atoms with Crippen LogP contribution in [0.25, 0.3) is 0 Å². The molecule has 1 heterocycles. The Kier molecular flexibility index (Phi) is 8.30. The Morgan fingerprint density at radius 3 is 2.60 bits per heavy atom. The van der Waals surface area contributed by atoms with E-state index in [0.717, 1.165) is 41.7 Å². The predicted molar refractivity (Wildman–Crippen MR) is 137 cm³/mol. The first kappa shape index (κ1) is 25.9. The van der Waals surface area contributed by atoms with Crippen molar-refractivity contribution in [2.24, 2.45) is 5.92 Å². The molecule has 2 aliphatic rings. The molecule has 0 bridgehead atoms. The summed E-state index contributed by atoms with van der Waals surface area (Å²) >= 11 is 0. The molecule has 3 N–H and O–H groups in total. The van der Waals surface area contributed by atoms with Crippen molar-refractivity contribution < 1.29 is 24.0 Å². The molecule has 4 rings (SSSR count). The molecule has 1 aliphatic heterocycles. The highest BCUT2D eigenvalue weighted by molar-refractivity contribution is 7.85. The van der Waals surface area contributed by atoms with Crippen LogP contribution in [0.15, 0.2) is 53.4 Å². The van der Waals surface area contributed by atoms with Crippen molar-refractivity contribution in [2.45, 2.75) is 87.5 Å². The van der Waals surface area contributed by atoms with Crippen molar-refractivity contribution >= 4 is 16.8 Å². The highest BCUT2D eigenvalue weighted by atomic mass is 32.2. The Bertz CT molecular complexity index is 1040. The minimum Gasteiger partial charge on any atom is -0.490 e. The molecule has 2 aromatic rings. The lowest BCUT2D eigenvalue weighted by Crippen LogP contribution is -2.49. The molecular formula is C28H37NO5S. The topological polar surface area (TPSA) is 95.9 Å². The van der Waals surface area contributed by atoms with Gasteiger partial charge in [-0.05, 0) is 48.9 Å². The van der Waals surface area contributed by atoms with Gasteiger partial charge in [-0.1, -0.05) is 63.1 Å². The number of aliphatic hydroxyl groups excluding tert-OH is 1. The van der Waals surface area contributed by atoms with Crippen LogP contribution in [0.1, 0.15) is 76.0 Å². The number of carboxylic acid groups (broad SMARTS) is 1. The normalized spacial score (nSPS) is 30.8. The zero-order valence-electron chi connectivity index (χ0n) is 20.6. The number of fused-ring (bicyclic) bond motifs is 1. The lowest BCUT2D eigenvalue weighted by atomic mass is 9.85. The number of aliphatic hydroxyl groups is 1. The van der Waals surface area contributed by atoms with Gasteiger partial charge >= 0.3 is 5.97 Å². The van der Waals surface area contributed by atoms with Gasteiger partial charge in [-0.2, -0.15) is 0 Å². The van der Waals surface area contributed by atoms with E-state index in [-0.39, 0.29) is 24.1 Å². The summed E-state index contributed by atoms with van der Waals surface area (Å²) in [5.74, 6) is -0.411. The molecule has 6 nitrogen and oxygen atoms in total. The molecule has 1 aliphatic carbocycles. The average Bonchev–Trinajstić information content (AvgIpc) is 2.97. The summed E-state index contributed by atoms with van der Waals surface area (Å²) in [4.78, 5) is 12.3. The number of hydrogen-bond acceptors (Lipinski definition) is 5. The first-order valence-electron chi connectivity index (χ1n) is 12.8. The van der Waals surface area contributed by atoms with Crippen molar-refractivity contribution in [1.82, 2.24) is 5.32 Å². The molecule has 7 heteroatoms. The summed E-state index contributed by atoms with van der Waals surface area (Å²) in [7, 11) is -1.22. The Hall–Kier alpha value is -2.22. The molecule has 35 heavy (non-hydrogen) atoms. The molecular weight excluding hydrogens is 462 g/mol. The number of carbonyl (C=O) groups is 1. The average molecular weight is 500 g/mol. The van der Waals surface area contributed by atoms with E-state index in [1.54, 1.807) is 0 Å². The van der Waals surface area contributed by atoms with E-state index in [9.17, 15) is 19.2 Å². The number of ether oxygens (including phenoxy) is 1. The van der Waals surface area contributed by atoms with Crippen LogP contribution in [-0.2, 0) is 15.6 Å². The van der Waals surface area contributed by atoms with Gasteiger partial charge in [0.15, 0.2) is 0 Å². The molecule has 0 aromatic heterocycles. The first-order valence-corrected chi connectivity index (χ1v) is 14.1. The zero-order valence-corrected chi connectivity index (χ0v) is 21.4. The second-order valence-corrected chi connectivity index (χ2v) is 11.5. The maximum atomic E-state index is 13.8. The van der Waals surface area contributed by atoms with Crippen molar-refractivity contribution in [3.8, 4) is 5.75 Å². The van der Waals surface area contributed by atoms with Crippen molar-refractivity contribution in [3.63, 3.8) is 0 Å². The van der Waals surface area contributed by atoms with Gasteiger partial charge in [0, 0.05) is 22.6 Å². The monoisotopic (exact) mass is 499 g/mol. The van der Waals surface area contributed by atoms with Gasteiger partial charge in [-0.15, -0.1) is 0 Å². The Morgan fingerprint density at radius 2 is 1.91 bits per heavy atom. The van der Waals surface area contributed by atoms with Crippen molar-refractivity contribution in [3.05, 3.63) is 59.7 Å². The van der Waals surface area contributed by atoms with Gasteiger partial charge in [0.25, 0.3) is 0 Å². The Balaban J connectivity index is 1.67. The summed E-state index contributed by atoms with van der Waals surface area (Å²) in [5, 5.41) is 23.5. The second-order valence-electron chi connectivity index (χ2n) is 10.1. The van der Waals surface area contributed by atoms with Crippen LogP contribution >= 0.6 is 0 Å². The molecule has 0 spiro atoms. The molecule has 190 valence electrons. The largest absolute Gasteiger partial charge is 0.490 e. The third-order valence-corrected chi connectivity index (χ3v) is 9.17. The minimum absolute atomic E-state index is 0.0867. The van der Waals surface area contributed by atoms with Crippen LogP contribution in [0.4, 0.5) is 0 Å². The summed E-state index contributed by atoms with van der Waals surface area (Å²) in [6.07, 6.45) is 3.93. The summed E-state index contributed by atoms with van der Waals surface area (Å²) in [6, 6.07) is 15.9. The van der Waals surface area contributed by atoms with Crippen LogP contribution in [0, 0.1) is 5.92 Å². The molecule has 1 fully saturated rings. The SMILES string of the molecule is CCCCC1(CC)CS(=O)c2cc(OC3CC(O)CC(C(=O)O)C3)ccc2C(c2ccccc2)N1. The molecule has 6 unspecified atom stereocenters. The van der Waals surface area contributed by atoms with E-state index < -0.39 is 28.8 Å². The van der Waals surface area contributed by atoms with Gasteiger partial charge in [0.1, 0.15) is 11.9 Å². The van der Waals surface area contributed by atoms with Crippen LogP contribution in [0.3, 0.4) is 0 Å². The van der Waals surface area contributed by atoms with Crippen LogP contribution in [0.2, 0.25) is 0 Å². The maximum absolute atomic E-state index is 13.8. The van der Waals surface area contributed by atoms with Crippen molar-refractivity contribution in [1.29, 1.82) is 0 Å². The van der Waals surface area contributed by atoms with Gasteiger partial charge in [-0.25, -0.2) is 0 Å². The lowest BCUT2D eigenvalue weighted by molar-refractivity contribution is -0.145. The standard InChI is InChI=1S/C28H37NO5S/c1-3-5-13-28(4-2)18-35(33)25-17-22(34-23-15-20(27(31)32)14-21(30)16-23)11-12-24(25)26(29-28)19-9-7-6-8-10-19/h6-12,17,20-21,23,26,29-30H,3-5,13-16,18H2,1-2H3,(H,31,32). The maximum Gasteiger partial charge on any atom is 0.306 e. The van der Waals surface area contributed by atoms with Crippen LogP contribution < -0.4 is 10.1 Å². The number of aliphatic carboxylic acids is 1. The molecule has 2 aromatic carbocycles. The zero-order chi connectivity index (χ0) is 25.0. The predicted octanol–water partition coefficient (Wildman–Crippen LogP) is 4.82. The highest BCUT2D eigenvalue weighted by Crippen LogP contribution is 2.39. The molecule has 0 radical (unpaired) electrons. The number of benzene rings is 2. The van der Waals surface area contributed by atoms with Crippen LogP contribution in [-0.4, -0.2) is 43.9 Å². The Labute approximate surface area is 210 Å². The van der Waals surface area contributed by atoms with E-state index in [2.05, 4.69) is 31.3 Å². The summed E-state index contributed by atoms with van der Waals surface area (Å²) in [6.45, 7) is 4.35. The minimum atomic E-state index is -1.22. The number of carboxylic acids is 1. The van der Waals surface area contributed by atoms with E-state index in [4.69, 9.17) is 4.74 Å². The fourth-order valence-electron chi connectivity index (χ4n) is 5.45. The number of hydrogen-bond donors (Lipinski definition) is 3. The number of unbranched alkanes of at least 4 members (excludes halogenated alkanes) is 1. The fourth-order valence-corrected chi connectivity index (χ4v) is 7.24. The molecule has 6 atom stereocenters. The van der Waals surface area contributed by atoms with Gasteiger partial charge in [0.2, 0.25) is 0 Å². The lowest BCUT2D eigenvalue weighted by Gasteiger charge is -2.36. The van der Waals surface area contributed by atoms with E-state index in [1.165, 1.54) is 0 Å². The quantitative estimate of drug-likeness (QED) is 0.482. The van der Waals surface area contributed by atoms with E-state index in [0.29, 0.717) is 24.3 Å². The third-order valence-electron chi connectivity index (χ3n) is 7.51. The highest BCUT2D eigenvalue weighted by Gasteiger charge is 2.39. The first-order chi connectivity index (χ1) is 16.8. The second kappa shape index (κ2) is 11.2. The van der Waals surface area contributed by atoms with E-state index in [1.807, 2.05) is 36.4 Å². The van der Waals surface area contributed by atoms with Crippen LogP contribution in [0.5, 0.6) is 5.75 Å². The van der Waals surface area contributed by atoms with Gasteiger partial charge in [-0.3, -0.25) is 14.3 Å². The smallest absolute Gasteiger partial charge is 0.306 e. The van der Waals surface area contributed by atoms with Gasteiger partial charge < -0.3 is 14.9 Å². The summed E-state index contributed by atoms with van der Waals surface area (Å²) < 4.78 is 19.9. The summed E-state index contributed by atoms with van der Waals surface area (Å²) in [5.41, 5.74) is 1.89. The molecule has 0 saturated heterocycles. The number of rotatable bonds is 8. The third kappa shape index (κ3) is 5.96. The fraction of sp³-hybridized carbons (Fsp3) is 0.536. The Morgan fingerprint density at radius 1 is 1.14 bits per heavy atom. The molecule has 1 saturated carbocycles. The number of nitrogens with one attached hydrogen (secondary N) is 1. The molecule has 0 amide bonds. The van der Waals surface area contributed by atoms with Gasteiger partial charge in [0.05, 0.1) is 28.9 Å².